The second-order valence-electron chi connectivity index (χ2n) is 3.53. The van der Waals surface area contributed by atoms with Gasteiger partial charge in [0.15, 0.2) is 0 Å². The number of hydrogen-bond donors (Lipinski definition) is 2. The monoisotopic (exact) mass is 188 g/mol. The summed E-state index contributed by atoms with van der Waals surface area (Å²) in [6.07, 6.45) is 1.22. The van der Waals surface area contributed by atoms with Crippen LogP contribution in [0.2, 0.25) is 0 Å². The van der Waals surface area contributed by atoms with Gasteiger partial charge in [0.25, 0.3) is 0 Å². The van der Waals surface area contributed by atoms with E-state index < -0.39 is 0 Å². The number of likely N-dealkylation sites (tertiary alicyclic amines) is 1. The zero-order valence-electron chi connectivity index (χ0n) is 8.11. The average Bonchev–Trinajstić information content (AvgIpc) is 2.60. The Labute approximate surface area is 79.7 Å². The van der Waals surface area contributed by atoms with Crippen LogP contribution < -0.4 is 5.73 Å². The fourth-order valence-electron chi connectivity index (χ4n) is 1.67. The Kier molecular flexibility index (Phi) is 5.31. The van der Waals surface area contributed by atoms with Gasteiger partial charge in [-0.2, -0.15) is 0 Å². The third-order valence-corrected chi connectivity index (χ3v) is 2.49. The van der Waals surface area contributed by atoms with E-state index in [-0.39, 0.29) is 6.61 Å². The highest BCUT2D eigenvalue weighted by Crippen LogP contribution is 2.13. The summed E-state index contributed by atoms with van der Waals surface area (Å²) in [5.74, 6) is 0.679. The van der Waals surface area contributed by atoms with Gasteiger partial charge < -0.3 is 20.5 Å². The maximum absolute atomic E-state index is 8.48. The van der Waals surface area contributed by atoms with E-state index in [1.54, 1.807) is 0 Å². The summed E-state index contributed by atoms with van der Waals surface area (Å²) in [6, 6.07) is 0. The molecule has 0 bridgehead atoms. The minimum atomic E-state index is 0.116. The lowest BCUT2D eigenvalue weighted by molar-refractivity contribution is 0.0775. The van der Waals surface area contributed by atoms with Crippen molar-refractivity contribution in [3.05, 3.63) is 0 Å². The second kappa shape index (κ2) is 6.32. The molecule has 1 aliphatic rings. The van der Waals surface area contributed by atoms with Crippen molar-refractivity contribution >= 4 is 0 Å². The normalized spacial score (nSPS) is 24.0. The van der Waals surface area contributed by atoms with Gasteiger partial charge in [-0.3, -0.25) is 0 Å². The van der Waals surface area contributed by atoms with Crippen molar-refractivity contribution < 1.29 is 9.84 Å². The minimum Gasteiger partial charge on any atom is -0.394 e. The number of aliphatic hydroxyl groups excluding tert-OH is 1. The quantitative estimate of drug-likeness (QED) is 0.540. The van der Waals surface area contributed by atoms with Crippen LogP contribution in [-0.4, -0.2) is 56.0 Å². The summed E-state index contributed by atoms with van der Waals surface area (Å²) in [6.45, 7) is 5.31. The van der Waals surface area contributed by atoms with Crippen molar-refractivity contribution in [3.63, 3.8) is 0 Å². The fourth-order valence-corrected chi connectivity index (χ4v) is 1.67. The lowest BCUT2D eigenvalue weighted by Gasteiger charge is -2.15. The predicted octanol–water partition coefficient (Wildman–Crippen LogP) is -0.724. The molecule has 4 heteroatoms. The summed E-state index contributed by atoms with van der Waals surface area (Å²) >= 11 is 0. The largest absolute Gasteiger partial charge is 0.394 e. The van der Waals surface area contributed by atoms with Gasteiger partial charge in [0, 0.05) is 13.1 Å². The average molecular weight is 188 g/mol. The SMILES string of the molecule is NCC1CCN(CCOCCO)C1. The van der Waals surface area contributed by atoms with Gasteiger partial charge in [-0.25, -0.2) is 0 Å². The van der Waals surface area contributed by atoms with Gasteiger partial charge in [0.1, 0.15) is 0 Å². The van der Waals surface area contributed by atoms with Gasteiger partial charge in [-0.15, -0.1) is 0 Å². The zero-order chi connectivity index (χ0) is 9.52. The molecule has 1 heterocycles. The molecule has 0 amide bonds. The van der Waals surface area contributed by atoms with Crippen molar-refractivity contribution in [1.29, 1.82) is 0 Å². The van der Waals surface area contributed by atoms with Gasteiger partial charge in [-0.05, 0) is 25.4 Å². The molecule has 0 saturated carbocycles. The summed E-state index contributed by atoms with van der Waals surface area (Å²) in [5.41, 5.74) is 5.58. The molecule has 1 rings (SSSR count). The lowest BCUT2D eigenvalue weighted by atomic mass is 10.1. The van der Waals surface area contributed by atoms with Gasteiger partial charge in [0.05, 0.1) is 19.8 Å². The maximum atomic E-state index is 8.48. The Bertz CT molecular complexity index is 133. The molecule has 0 aliphatic carbocycles. The summed E-state index contributed by atoms with van der Waals surface area (Å²) in [4.78, 5) is 2.37. The number of aliphatic hydroxyl groups is 1. The van der Waals surface area contributed by atoms with Crippen LogP contribution in [0.4, 0.5) is 0 Å². The van der Waals surface area contributed by atoms with Crippen LogP contribution in [0.15, 0.2) is 0 Å². The first kappa shape index (κ1) is 10.9. The van der Waals surface area contributed by atoms with Crippen molar-refractivity contribution in [2.45, 2.75) is 6.42 Å². The number of nitrogens with two attached hydrogens (primary N) is 1. The molecule has 1 aliphatic heterocycles. The summed E-state index contributed by atoms with van der Waals surface area (Å²) < 4.78 is 5.19. The predicted molar refractivity (Wildman–Crippen MR) is 51.5 cm³/mol. The van der Waals surface area contributed by atoms with Crippen molar-refractivity contribution in [3.8, 4) is 0 Å². The Morgan fingerprint density at radius 3 is 2.92 bits per heavy atom. The molecule has 0 aromatic carbocycles. The van der Waals surface area contributed by atoms with Crippen LogP contribution in [0.5, 0.6) is 0 Å². The third kappa shape index (κ3) is 4.04. The van der Waals surface area contributed by atoms with Gasteiger partial charge in [0.2, 0.25) is 0 Å². The van der Waals surface area contributed by atoms with E-state index in [0.717, 1.165) is 32.8 Å². The van der Waals surface area contributed by atoms with Gasteiger partial charge in [-0.1, -0.05) is 0 Å². The highest BCUT2D eigenvalue weighted by Gasteiger charge is 2.20. The smallest absolute Gasteiger partial charge is 0.0698 e. The summed E-state index contributed by atoms with van der Waals surface area (Å²) in [5, 5.41) is 8.48. The molecule has 0 radical (unpaired) electrons. The van der Waals surface area contributed by atoms with Crippen molar-refractivity contribution in [1.82, 2.24) is 4.90 Å². The van der Waals surface area contributed by atoms with Crippen LogP contribution >= 0.6 is 0 Å². The molecule has 4 nitrogen and oxygen atoms in total. The molecule has 0 aromatic heterocycles. The molecule has 0 spiro atoms. The standard InChI is InChI=1S/C9H20N2O2/c10-7-9-1-2-11(8-9)3-5-13-6-4-12/h9,12H,1-8,10H2. The highest BCUT2D eigenvalue weighted by molar-refractivity contribution is 4.75. The van der Waals surface area contributed by atoms with Crippen LogP contribution in [0.25, 0.3) is 0 Å². The molecule has 0 aromatic rings. The highest BCUT2D eigenvalue weighted by atomic mass is 16.5. The molecule has 1 unspecified atom stereocenters. The Morgan fingerprint density at radius 2 is 2.31 bits per heavy atom. The molecule has 1 saturated heterocycles. The van der Waals surface area contributed by atoms with E-state index in [0.29, 0.717) is 12.5 Å². The van der Waals surface area contributed by atoms with Crippen molar-refractivity contribution in [2.24, 2.45) is 11.7 Å². The number of hydrogen-bond acceptors (Lipinski definition) is 4. The van der Waals surface area contributed by atoms with Crippen LogP contribution in [0.3, 0.4) is 0 Å². The molecule has 1 fully saturated rings. The molecule has 13 heavy (non-hydrogen) atoms. The minimum absolute atomic E-state index is 0.116. The Morgan fingerprint density at radius 1 is 1.46 bits per heavy atom. The van der Waals surface area contributed by atoms with Crippen LogP contribution in [-0.2, 0) is 4.74 Å². The van der Waals surface area contributed by atoms with E-state index >= 15 is 0 Å². The second-order valence-corrected chi connectivity index (χ2v) is 3.53. The third-order valence-electron chi connectivity index (χ3n) is 2.49. The molecule has 3 N–H and O–H groups in total. The van der Waals surface area contributed by atoms with E-state index in [4.69, 9.17) is 15.6 Å². The fraction of sp³-hybridized carbons (Fsp3) is 1.00. The van der Waals surface area contributed by atoms with E-state index in [2.05, 4.69) is 4.90 Å². The first-order valence-electron chi connectivity index (χ1n) is 4.98. The molecular weight excluding hydrogens is 168 g/mol. The topological polar surface area (TPSA) is 58.7 Å². The van der Waals surface area contributed by atoms with E-state index in [9.17, 15) is 0 Å². The number of ether oxygens (including phenoxy) is 1. The number of rotatable bonds is 6. The lowest BCUT2D eigenvalue weighted by Crippen LogP contribution is -2.27. The first-order chi connectivity index (χ1) is 6.36. The Balaban J connectivity index is 1.97. The van der Waals surface area contributed by atoms with Crippen LogP contribution in [0.1, 0.15) is 6.42 Å². The Hall–Kier alpha value is -0.160. The number of nitrogens with zero attached hydrogens (tertiary/aromatic N) is 1. The first-order valence-corrected chi connectivity index (χ1v) is 4.98. The van der Waals surface area contributed by atoms with Gasteiger partial charge >= 0.3 is 0 Å². The van der Waals surface area contributed by atoms with E-state index in [1.807, 2.05) is 0 Å². The molecular formula is C9H20N2O2. The zero-order valence-corrected chi connectivity index (χ0v) is 8.11. The van der Waals surface area contributed by atoms with Crippen molar-refractivity contribution in [2.75, 3.05) is 46.0 Å². The molecule has 78 valence electrons. The van der Waals surface area contributed by atoms with Crippen LogP contribution in [0, 0.1) is 5.92 Å². The molecule has 1 atom stereocenters. The van der Waals surface area contributed by atoms with E-state index in [1.165, 1.54) is 6.42 Å². The summed E-state index contributed by atoms with van der Waals surface area (Å²) in [7, 11) is 0. The maximum Gasteiger partial charge on any atom is 0.0698 e.